The van der Waals surface area contributed by atoms with Gasteiger partial charge < -0.3 is 5.32 Å². The first-order chi connectivity index (χ1) is 9.81. The van der Waals surface area contributed by atoms with Crippen molar-refractivity contribution in [3.05, 3.63) is 27.7 Å². The molecule has 0 fully saturated rings. The molecular weight excluding hydrogens is 331 g/mol. The standard InChI is InChI=1S/C14H22Cl2N2O2S/c1-4-5-6-10(2)18-21(19,20)14-7-11(9-17-3)12(15)8-13(14)16/h7-8,10,17-18H,4-6,9H2,1-3H3. The Kier molecular flexibility index (Phi) is 7.44. The minimum absolute atomic E-state index is 0.0714. The number of benzene rings is 1. The molecule has 120 valence electrons. The molecule has 1 aromatic rings. The number of rotatable bonds is 8. The van der Waals surface area contributed by atoms with Crippen LogP contribution >= 0.6 is 23.2 Å². The summed E-state index contributed by atoms with van der Waals surface area (Å²) in [6.45, 7) is 4.40. The number of sulfonamides is 1. The van der Waals surface area contributed by atoms with Gasteiger partial charge in [-0.15, -0.1) is 0 Å². The minimum Gasteiger partial charge on any atom is -0.316 e. The highest BCUT2D eigenvalue weighted by Gasteiger charge is 2.22. The summed E-state index contributed by atoms with van der Waals surface area (Å²) in [4.78, 5) is 0.0714. The van der Waals surface area contributed by atoms with E-state index in [1.807, 2.05) is 6.92 Å². The van der Waals surface area contributed by atoms with Crippen molar-refractivity contribution in [2.45, 2.75) is 50.6 Å². The highest BCUT2D eigenvalue weighted by atomic mass is 35.5. The fourth-order valence-electron chi connectivity index (χ4n) is 2.00. The van der Waals surface area contributed by atoms with Crippen molar-refractivity contribution >= 4 is 33.2 Å². The largest absolute Gasteiger partial charge is 0.316 e. The first-order valence-electron chi connectivity index (χ1n) is 6.96. The summed E-state index contributed by atoms with van der Waals surface area (Å²) in [7, 11) is -1.88. The summed E-state index contributed by atoms with van der Waals surface area (Å²) in [5.41, 5.74) is 0.699. The Bertz CT molecular complexity index is 577. The van der Waals surface area contributed by atoms with Crippen LogP contribution < -0.4 is 10.0 Å². The van der Waals surface area contributed by atoms with Gasteiger partial charge >= 0.3 is 0 Å². The van der Waals surface area contributed by atoms with Crippen molar-refractivity contribution in [3.63, 3.8) is 0 Å². The van der Waals surface area contributed by atoms with Gasteiger partial charge in [-0.1, -0.05) is 43.0 Å². The summed E-state index contributed by atoms with van der Waals surface area (Å²) in [5.74, 6) is 0. The van der Waals surface area contributed by atoms with Crippen LogP contribution in [0.4, 0.5) is 0 Å². The maximum Gasteiger partial charge on any atom is 0.242 e. The summed E-state index contributed by atoms with van der Waals surface area (Å²) < 4.78 is 27.5. The Hall–Kier alpha value is -0.330. The summed E-state index contributed by atoms with van der Waals surface area (Å²) in [6.07, 6.45) is 2.80. The first kappa shape index (κ1) is 18.7. The number of unbranched alkanes of at least 4 members (excludes halogenated alkanes) is 1. The smallest absolute Gasteiger partial charge is 0.242 e. The van der Waals surface area contributed by atoms with Crippen LogP contribution in [0.15, 0.2) is 17.0 Å². The van der Waals surface area contributed by atoms with E-state index in [-0.39, 0.29) is 16.0 Å². The molecule has 0 aromatic heterocycles. The van der Waals surface area contributed by atoms with Crippen molar-refractivity contribution < 1.29 is 8.42 Å². The molecule has 0 saturated carbocycles. The average Bonchev–Trinajstić information content (AvgIpc) is 2.38. The van der Waals surface area contributed by atoms with E-state index >= 15 is 0 Å². The Morgan fingerprint density at radius 1 is 1.24 bits per heavy atom. The van der Waals surface area contributed by atoms with Crippen LogP contribution in [-0.2, 0) is 16.6 Å². The maximum atomic E-state index is 12.4. The average molecular weight is 353 g/mol. The van der Waals surface area contributed by atoms with Crippen molar-refractivity contribution in [2.75, 3.05) is 7.05 Å². The van der Waals surface area contributed by atoms with Gasteiger partial charge in [-0.05, 0) is 38.1 Å². The third-order valence-electron chi connectivity index (χ3n) is 3.10. The summed E-state index contributed by atoms with van der Waals surface area (Å²) >= 11 is 12.1. The van der Waals surface area contributed by atoms with Crippen molar-refractivity contribution in [2.24, 2.45) is 0 Å². The fraction of sp³-hybridized carbons (Fsp3) is 0.571. The molecule has 0 amide bonds. The van der Waals surface area contributed by atoms with Crippen LogP contribution in [0.25, 0.3) is 0 Å². The number of hydrogen-bond donors (Lipinski definition) is 2. The van der Waals surface area contributed by atoms with Gasteiger partial charge in [0, 0.05) is 17.6 Å². The van der Waals surface area contributed by atoms with Crippen LogP contribution in [0.3, 0.4) is 0 Å². The Morgan fingerprint density at radius 3 is 2.48 bits per heavy atom. The second kappa shape index (κ2) is 8.34. The lowest BCUT2D eigenvalue weighted by molar-refractivity contribution is 0.534. The van der Waals surface area contributed by atoms with E-state index in [0.29, 0.717) is 17.1 Å². The minimum atomic E-state index is -3.65. The van der Waals surface area contributed by atoms with Crippen LogP contribution in [0, 0.1) is 0 Å². The predicted molar refractivity (Wildman–Crippen MR) is 88.5 cm³/mol. The van der Waals surface area contributed by atoms with E-state index in [4.69, 9.17) is 23.2 Å². The molecule has 0 bridgehead atoms. The molecular formula is C14H22Cl2N2O2S. The lowest BCUT2D eigenvalue weighted by Gasteiger charge is -2.16. The molecule has 0 aliphatic rings. The van der Waals surface area contributed by atoms with Gasteiger partial charge in [-0.2, -0.15) is 0 Å². The molecule has 0 aliphatic carbocycles. The molecule has 0 aliphatic heterocycles. The number of nitrogens with one attached hydrogen (secondary N) is 2. The van der Waals surface area contributed by atoms with Gasteiger partial charge in [0.15, 0.2) is 0 Å². The van der Waals surface area contributed by atoms with Gasteiger partial charge in [0.1, 0.15) is 4.90 Å². The molecule has 0 heterocycles. The zero-order valence-electron chi connectivity index (χ0n) is 12.5. The monoisotopic (exact) mass is 352 g/mol. The van der Waals surface area contributed by atoms with Crippen molar-refractivity contribution in [1.82, 2.24) is 10.0 Å². The zero-order chi connectivity index (χ0) is 16.0. The molecule has 7 heteroatoms. The Morgan fingerprint density at radius 2 is 1.90 bits per heavy atom. The molecule has 21 heavy (non-hydrogen) atoms. The van der Waals surface area contributed by atoms with E-state index in [2.05, 4.69) is 17.0 Å². The van der Waals surface area contributed by atoms with E-state index in [9.17, 15) is 8.42 Å². The van der Waals surface area contributed by atoms with Gasteiger partial charge in [0.2, 0.25) is 10.0 Å². The number of hydrogen-bond acceptors (Lipinski definition) is 3. The normalized spacial score (nSPS) is 13.4. The van der Waals surface area contributed by atoms with Crippen LogP contribution in [0.2, 0.25) is 10.0 Å². The van der Waals surface area contributed by atoms with Crippen LogP contribution in [-0.4, -0.2) is 21.5 Å². The number of halogens is 2. The highest BCUT2D eigenvalue weighted by Crippen LogP contribution is 2.29. The molecule has 1 atom stereocenters. The molecule has 4 nitrogen and oxygen atoms in total. The van der Waals surface area contributed by atoms with Crippen LogP contribution in [0.1, 0.15) is 38.7 Å². The maximum absolute atomic E-state index is 12.4. The molecule has 0 spiro atoms. The van der Waals surface area contributed by atoms with E-state index in [0.717, 1.165) is 19.3 Å². The Balaban J connectivity index is 3.04. The second-order valence-electron chi connectivity index (χ2n) is 5.07. The zero-order valence-corrected chi connectivity index (χ0v) is 14.9. The SMILES string of the molecule is CCCCC(C)NS(=O)(=O)c1cc(CNC)c(Cl)cc1Cl. The third-order valence-corrected chi connectivity index (χ3v) is 5.51. The van der Waals surface area contributed by atoms with Gasteiger partial charge in [-0.25, -0.2) is 13.1 Å². The molecule has 0 radical (unpaired) electrons. The first-order valence-corrected chi connectivity index (χ1v) is 9.20. The molecule has 1 unspecified atom stereocenters. The van der Waals surface area contributed by atoms with Crippen molar-refractivity contribution in [1.29, 1.82) is 0 Å². The van der Waals surface area contributed by atoms with Gasteiger partial charge in [0.25, 0.3) is 0 Å². The van der Waals surface area contributed by atoms with Gasteiger partial charge in [-0.3, -0.25) is 0 Å². The second-order valence-corrected chi connectivity index (χ2v) is 7.57. The predicted octanol–water partition coefficient (Wildman–Crippen LogP) is 3.57. The van der Waals surface area contributed by atoms with Gasteiger partial charge in [0.05, 0.1) is 5.02 Å². The van der Waals surface area contributed by atoms with E-state index in [1.54, 1.807) is 7.05 Å². The summed E-state index contributed by atoms with van der Waals surface area (Å²) in [5, 5.41) is 3.53. The molecule has 1 rings (SSSR count). The van der Waals surface area contributed by atoms with E-state index in [1.165, 1.54) is 12.1 Å². The lowest BCUT2D eigenvalue weighted by atomic mass is 10.2. The quantitative estimate of drug-likeness (QED) is 0.751. The third kappa shape index (κ3) is 5.42. The van der Waals surface area contributed by atoms with Crippen LogP contribution in [0.5, 0.6) is 0 Å². The highest BCUT2D eigenvalue weighted by molar-refractivity contribution is 7.89. The Labute approximate surface area is 137 Å². The summed E-state index contributed by atoms with van der Waals surface area (Å²) in [6, 6.07) is 2.87. The van der Waals surface area contributed by atoms with E-state index < -0.39 is 10.0 Å². The topological polar surface area (TPSA) is 58.2 Å². The van der Waals surface area contributed by atoms with Crippen molar-refractivity contribution in [3.8, 4) is 0 Å². The fourth-order valence-corrected chi connectivity index (χ4v) is 4.14. The lowest BCUT2D eigenvalue weighted by Crippen LogP contribution is -2.32. The molecule has 1 aromatic carbocycles. The molecule has 2 N–H and O–H groups in total. The molecule has 0 saturated heterocycles.